The van der Waals surface area contributed by atoms with E-state index < -0.39 is 0 Å². The second-order valence-electron chi connectivity index (χ2n) is 7.23. The molecule has 7 heteroatoms. The SMILES string of the molecule is Cn1nc(C2CCN(Cc3ccc(Cl)c(Cl)c3)CC2)n(-c2ccccc2)c1=O. The molecule has 0 aliphatic carbocycles. The number of benzene rings is 2. The Balaban J connectivity index is 1.49. The molecule has 0 amide bonds. The lowest BCUT2D eigenvalue weighted by Gasteiger charge is -2.31. The van der Waals surface area contributed by atoms with Crippen molar-refractivity contribution in [2.75, 3.05) is 13.1 Å². The van der Waals surface area contributed by atoms with Gasteiger partial charge in [0.25, 0.3) is 0 Å². The summed E-state index contributed by atoms with van der Waals surface area (Å²) in [6.07, 6.45) is 1.93. The highest BCUT2D eigenvalue weighted by atomic mass is 35.5. The Morgan fingerprint density at radius 1 is 1.04 bits per heavy atom. The van der Waals surface area contributed by atoms with Gasteiger partial charge in [-0.2, -0.15) is 5.10 Å². The number of rotatable bonds is 4. The Morgan fingerprint density at radius 3 is 2.43 bits per heavy atom. The highest BCUT2D eigenvalue weighted by Gasteiger charge is 2.27. The molecule has 3 aromatic rings. The molecule has 0 unspecified atom stereocenters. The maximum Gasteiger partial charge on any atom is 0.350 e. The predicted molar refractivity (Wildman–Crippen MR) is 113 cm³/mol. The van der Waals surface area contributed by atoms with Gasteiger partial charge < -0.3 is 0 Å². The molecule has 1 fully saturated rings. The first kappa shape index (κ1) is 19.2. The van der Waals surface area contributed by atoms with Gasteiger partial charge in [-0.05, 0) is 55.8 Å². The molecule has 0 N–H and O–H groups in total. The third-order valence-electron chi connectivity index (χ3n) is 5.31. The minimum atomic E-state index is -0.0977. The van der Waals surface area contributed by atoms with Crippen LogP contribution in [0.15, 0.2) is 53.3 Å². The van der Waals surface area contributed by atoms with E-state index in [1.807, 2.05) is 48.5 Å². The zero-order valence-electron chi connectivity index (χ0n) is 15.7. The van der Waals surface area contributed by atoms with E-state index in [-0.39, 0.29) is 11.6 Å². The molecule has 5 nitrogen and oxygen atoms in total. The number of nitrogens with zero attached hydrogens (tertiary/aromatic N) is 4. The number of aromatic nitrogens is 3. The number of hydrogen-bond donors (Lipinski definition) is 0. The van der Waals surface area contributed by atoms with Crippen LogP contribution in [-0.2, 0) is 13.6 Å². The maximum absolute atomic E-state index is 12.6. The molecule has 1 aliphatic rings. The predicted octanol–water partition coefficient (Wildman–Crippen LogP) is 4.26. The van der Waals surface area contributed by atoms with E-state index in [0.717, 1.165) is 49.6 Å². The largest absolute Gasteiger partial charge is 0.350 e. The number of para-hydroxylation sites is 1. The molecule has 0 bridgehead atoms. The highest BCUT2D eigenvalue weighted by Crippen LogP contribution is 2.29. The third-order valence-corrected chi connectivity index (χ3v) is 6.05. The molecule has 0 saturated carbocycles. The normalized spacial score (nSPS) is 15.8. The van der Waals surface area contributed by atoms with E-state index in [2.05, 4.69) is 10.00 Å². The summed E-state index contributed by atoms with van der Waals surface area (Å²) in [6.45, 7) is 2.74. The molecule has 28 heavy (non-hydrogen) atoms. The second kappa shape index (κ2) is 8.11. The molecule has 1 aromatic heterocycles. The Kier molecular flexibility index (Phi) is 5.58. The summed E-state index contributed by atoms with van der Waals surface area (Å²) < 4.78 is 3.18. The van der Waals surface area contributed by atoms with E-state index in [0.29, 0.717) is 10.0 Å². The number of halogens is 2. The van der Waals surface area contributed by atoms with Crippen molar-refractivity contribution in [2.45, 2.75) is 25.3 Å². The van der Waals surface area contributed by atoms with Crippen LogP contribution in [0.3, 0.4) is 0 Å². The van der Waals surface area contributed by atoms with E-state index in [9.17, 15) is 4.79 Å². The molecule has 0 radical (unpaired) electrons. The number of likely N-dealkylation sites (tertiary alicyclic amines) is 1. The van der Waals surface area contributed by atoms with Crippen LogP contribution in [-0.4, -0.2) is 32.3 Å². The van der Waals surface area contributed by atoms with Gasteiger partial charge in [-0.3, -0.25) is 4.90 Å². The molecule has 4 rings (SSSR count). The lowest BCUT2D eigenvalue weighted by Crippen LogP contribution is -2.33. The fraction of sp³-hybridized carbons (Fsp3) is 0.333. The minimum absolute atomic E-state index is 0.0977. The summed E-state index contributed by atoms with van der Waals surface area (Å²) in [5, 5.41) is 5.73. The van der Waals surface area contributed by atoms with Crippen LogP contribution in [0.4, 0.5) is 0 Å². The zero-order chi connectivity index (χ0) is 19.7. The fourth-order valence-electron chi connectivity index (χ4n) is 3.81. The van der Waals surface area contributed by atoms with E-state index in [1.165, 1.54) is 4.68 Å². The van der Waals surface area contributed by atoms with Crippen LogP contribution >= 0.6 is 23.2 Å². The second-order valence-corrected chi connectivity index (χ2v) is 8.05. The van der Waals surface area contributed by atoms with Crippen LogP contribution < -0.4 is 5.69 Å². The summed E-state index contributed by atoms with van der Waals surface area (Å²) >= 11 is 12.1. The van der Waals surface area contributed by atoms with Crippen LogP contribution in [0.5, 0.6) is 0 Å². The molecule has 0 atom stereocenters. The average Bonchev–Trinajstić information content (AvgIpc) is 3.01. The lowest BCUT2D eigenvalue weighted by molar-refractivity contribution is 0.201. The van der Waals surface area contributed by atoms with Gasteiger partial charge in [0.05, 0.1) is 15.7 Å². The summed E-state index contributed by atoms with van der Waals surface area (Å²) in [5.41, 5.74) is 1.93. The van der Waals surface area contributed by atoms with Crippen molar-refractivity contribution in [3.05, 3.63) is 80.4 Å². The quantitative estimate of drug-likeness (QED) is 0.637. The van der Waals surface area contributed by atoms with Gasteiger partial charge in [-0.15, -0.1) is 0 Å². The first-order valence-electron chi connectivity index (χ1n) is 9.40. The van der Waals surface area contributed by atoms with Crippen molar-refractivity contribution >= 4 is 23.2 Å². The van der Waals surface area contributed by atoms with Gasteiger partial charge in [0.2, 0.25) is 0 Å². The number of hydrogen-bond acceptors (Lipinski definition) is 3. The standard InChI is InChI=1S/C21H22Cl2N4O/c1-25-21(28)27(17-5-3-2-4-6-17)20(24-25)16-9-11-26(12-10-16)14-15-7-8-18(22)19(23)13-15/h2-8,13,16H,9-12,14H2,1H3. The molecule has 2 heterocycles. The van der Waals surface area contributed by atoms with Gasteiger partial charge in [0.15, 0.2) is 0 Å². The van der Waals surface area contributed by atoms with Gasteiger partial charge in [0, 0.05) is 19.5 Å². The lowest BCUT2D eigenvalue weighted by atomic mass is 9.95. The smallest absolute Gasteiger partial charge is 0.299 e. The Bertz CT molecular complexity index is 1020. The number of piperidine rings is 1. The fourth-order valence-corrected chi connectivity index (χ4v) is 4.13. The summed E-state index contributed by atoms with van der Waals surface area (Å²) in [4.78, 5) is 15.0. The monoisotopic (exact) mass is 416 g/mol. The molecular weight excluding hydrogens is 395 g/mol. The molecule has 146 valence electrons. The van der Waals surface area contributed by atoms with Gasteiger partial charge in [-0.1, -0.05) is 47.5 Å². The van der Waals surface area contributed by atoms with Crippen molar-refractivity contribution in [1.29, 1.82) is 0 Å². The summed E-state index contributed by atoms with van der Waals surface area (Å²) in [5.74, 6) is 1.12. The molecule has 1 saturated heterocycles. The maximum atomic E-state index is 12.6. The Labute approximate surface area is 174 Å². The van der Waals surface area contributed by atoms with Crippen molar-refractivity contribution < 1.29 is 0 Å². The summed E-state index contributed by atoms with van der Waals surface area (Å²) in [7, 11) is 1.71. The third kappa shape index (κ3) is 3.88. The van der Waals surface area contributed by atoms with Gasteiger partial charge in [0.1, 0.15) is 5.82 Å². The van der Waals surface area contributed by atoms with Gasteiger partial charge in [-0.25, -0.2) is 14.0 Å². The van der Waals surface area contributed by atoms with E-state index in [4.69, 9.17) is 23.2 Å². The first-order valence-corrected chi connectivity index (χ1v) is 10.2. The van der Waals surface area contributed by atoms with Crippen LogP contribution in [0.25, 0.3) is 5.69 Å². The first-order chi connectivity index (χ1) is 13.5. The van der Waals surface area contributed by atoms with Crippen molar-refractivity contribution in [3.63, 3.8) is 0 Å². The Morgan fingerprint density at radius 2 is 1.75 bits per heavy atom. The summed E-state index contributed by atoms with van der Waals surface area (Å²) in [6, 6.07) is 15.5. The van der Waals surface area contributed by atoms with Gasteiger partial charge >= 0.3 is 5.69 Å². The molecule has 0 spiro atoms. The number of aryl methyl sites for hydroxylation is 1. The topological polar surface area (TPSA) is 43.1 Å². The Hall–Kier alpha value is -2.08. The van der Waals surface area contributed by atoms with E-state index >= 15 is 0 Å². The van der Waals surface area contributed by atoms with Crippen LogP contribution in [0.1, 0.15) is 30.1 Å². The van der Waals surface area contributed by atoms with Crippen molar-refractivity contribution in [1.82, 2.24) is 19.2 Å². The van der Waals surface area contributed by atoms with Crippen molar-refractivity contribution in [2.24, 2.45) is 7.05 Å². The molecule has 2 aromatic carbocycles. The highest BCUT2D eigenvalue weighted by molar-refractivity contribution is 6.42. The van der Waals surface area contributed by atoms with Crippen molar-refractivity contribution in [3.8, 4) is 5.69 Å². The molecular formula is C21H22Cl2N4O. The van der Waals surface area contributed by atoms with Crippen LogP contribution in [0, 0.1) is 0 Å². The van der Waals surface area contributed by atoms with E-state index in [1.54, 1.807) is 11.6 Å². The molecule has 1 aliphatic heterocycles. The average molecular weight is 417 g/mol. The van der Waals surface area contributed by atoms with Crippen LogP contribution in [0.2, 0.25) is 10.0 Å². The zero-order valence-corrected chi connectivity index (χ0v) is 17.2. The minimum Gasteiger partial charge on any atom is -0.299 e.